The van der Waals surface area contributed by atoms with Crippen LogP contribution in [0, 0.1) is 6.92 Å². The number of nitrogen functional groups attached to an aromatic ring is 1. The van der Waals surface area contributed by atoms with E-state index in [1.54, 1.807) is 0 Å². The van der Waals surface area contributed by atoms with Gasteiger partial charge in [-0.3, -0.25) is 0 Å². The number of hydrogen-bond donors (Lipinski definition) is 2. The summed E-state index contributed by atoms with van der Waals surface area (Å²) in [5.74, 6) is 0. The third kappa shape index (κ3) is 3.15. The lowest BCUT2D eigenvalue weighted by Crippen LogP contribution is -2.35. The average molecular weight is 247 g/mol. The molecule has 1 aromatic carbocycles. The van der Waals surface area contributed by atoms with Crippen molar-refractivity contribution in [3.63, 3.8) is 0 Å². The largest absolute Gasteiger partial charge is 0.399 e. The van der Waals surface area contributed by atoms with E-state index in [9.17, 15) is 4.79 Å². The van der Waals surface area contributed by atoms with Gasteiger partial charge in [0.2, 0.25) is 0 Å². The molecule has 4 heteroatoms. The van der Waals surface area contributed by atoms with Crippen LogP contribution in [0.15, 0.2) is 18.2 Å². The Labute approximate surface area is 108 Å². The fourth-order valence-corrected chi connectivity index (χ4v) is 2.30. The van der Waals surface area contributed by atoms with Gasteiger partial charge in [0, 0.05) is 24.5 Å². The van der Waals surface area contributed by atoms with Crippen molar-refractivity contribution in [1.82, 2.24) is 4.90 Å². The number of rotatable bonds is 1. The Kier molecular flexibility index (Phi) is 4.07. The number of hydrogen-bond acceptors (Lipinski definition) is 2. The Morgan fingerprint density at radius 3 is 2.50 bits per heavy atom. The molecule has 0 aliphatic carbocycles. The molecule has 1 heterocycles. The Bertz CT molecular complexity index is 423. The standard InChI is InChI=1S/C14H21N3O/c1-11-10-12(15)6-7-13(11)16-14(18)17-8-4-2-3-5-9-17/h6-7,10H,2-5,8-9,15H2,1H3,(H,16,18). The molecule has 18 heavy (non-hydrogen) atoms. The van der Waals surface area contributed by atoms with Crippen LogP contribution < -0.4 is 11.1 Å². The van der Waals surface area contributed by atoms with Crippen LogP contribution in [-0.4, -0.2) is 24.0 Å². The second kappa shape index (κ2) is 5.76. The third-order valence-electron chi connectivity index (χ3n) is 3.39. The number of anilines is 2. The molecule has 0 spiro atoms. The Morgan fingerprint density at radius 2 is 1.89 bits per heavy atom. The lowest BCUT2D eigenvalue weighted by molar-refractivity contribution is 0.213. The summed E-state index contributed by atoms with van der Waals surface area (Å²) in [6.45, 7) is 3.67. The van der Waals surface area contributed by atoms with Crippen molar-refractivity contribution in [2.24, 2.45) is 0 Å². The number of likely N-dealkylation sites (tertiary alicyclic amines) is 1. The number of benzene rings is 1. The molecular weight excluding hydrogens is 226 g/mol. The van der Waals surface area contributed by atoms with Crippen LogP contribution in [0.25, 0.3) is 0 Å². The van der Waals surface area contributed by atoms with Gasteiger partial charge in [0.15, 0.2) is 0 Å². The van der Waals surface area contributed by atoms with Gasteiger partial charge in [-0.25, -0.2) is 4.79 Å². The molecule has 1 fully saturated rings. The molecule has 1 aliphatic heterocycles. The number of carbonyl (C=O) groups is 1. The second-order valence-corrected chi connectivity index (χ2v) is 4.91. The molecule has 0 saturated carbocycles. The van der Waals surface area contributed by atoms with E-state index < -0.39 is 0 Å². The van der Waals surface area contributed by atoms with Gasteiger partial charge >= 0.3 is 6.03 Å². The summed E-state index contributed by atoms with van der Waals surface area (Å²) in [5, 5.41) is 2.97. The van der Waals surface area contributed by atoms with Gasteiger partial charge in [0.1, 0.15) is 0 Å². The first-order valence-corrected chi connectivity index (χ1v) is 6.59. The van der Waals surface area contributed by atoms with Gasteiger partial charge in [-0.05, 0) is 43.5 Å². The zero-order chi connectivity index (χ0) is 13.0. The van der Waals surface area contributed by atoms with Crippen LogP contribution in [0.5, 0.6) is 0 Å². The van der Waals surface area contributed by atoms with Gasteiger partial charge in [-0.15, -0.1) is 0 Å². The van der Waals surface area contributed by atoms with E-state index in [0.717, 1.165) is 42.9 Å². The summed E-state index contributed by atoms with van der Waals surface area (Å²) < 4.78 is 0. The quantitative estimate of drug-likeness (QED) is 0.749. The lowest BCUT2D eigenvalue weighted by atomic mass is 10.2. The number of aryl methyl sites for hydroxylation is 1. The van der Waals surface area contributed by atoms with Crippen LogP contribution in [0.1, 0.15) is 31.2 Å². The predicted molar refractivity (Wildman–Crippen MR) is 74.7 cm³/mol. The highest BCUT2D eigenvalue weighted by atomic mass is 16.2. The van der Waals surface area contributed by atoms with E-state index in [0.29, 0.717) is 0 Å². The number of urea groups is 1. The summed E-state index contributed by atoms with van der Waals surface area (Å²) in [4.78, 5) is 14.0. The van der Waals surface area contributed by atoms with Crippen molar-refractivity contribution in [2.75, 3.05) is 24.1 Å². The molecule has 4 nitrogen and oxygen atoms in total. The summed E-state index contributed by atoms with van der Waals surface area (Å²) in [5.41, 5.74) is 8.27. The minimum absolute atomic E-state index is 0.00442. The first-order chi connectivity index (χ1) is 8.66. The predicted octanol–water partition coefficient (Wildman–Crippen LogP) is 2.99. The number of nitrogens with one attached hydrogen (secondary N) is 1. The molecule has 2 rings (SSSR count). The molecule has 0 bridgehead atoms. The number of nitrogens with zero attached hydrogens (tertiary/aromatic N) is 1. The van der Waals surface area contributed by atoms with Crippen LogP contribution in [0.4, 0.5) is 16.2 Å². The number of carbonyl (C=O) groups excluding carboxylic acids is 1. The van der Waals surface area contributed by atoms with Crippen molar-refractivity contribution in [1.29, 1.82) is 0 Å². The van der Waals surface area contributed by atoms with E-state index in [2.05, 4.69) is 5.32 Å². The van der Waals surface area contributed by atoms with E-state index in [1.165, 1.54) is 12.8 Å². The molecule has 1 aromatic rings. The molecule has 1 aliphatic rings. The van der Waals surface area contributed by atoms with Crippen molar-refractivity contribution in [2.45, 2.75) is 32.6 Å². The van der Waals surface area contributed by atoms with E-state index in [1.807, 2.05) is 30.0 Å². The molecule has 0 radical (unpaired) electrons. The molecule has 98 valence electrons. The SMILES string of the molecule is Cc1cc(N)ccc1NC(=O)N1CCCCCC1. The van der Waals surface area contributed by atoms with Gasteiger partial charge in [0.25, 0.3) is 0 Å². The number of amides is 2. The summed E-state index contributed by atoms with van der Waals surface area (Å²) in [6.07, 6.45) is 4.66. The summed E-state index contributed by atoms with van der Waals surface area (Å²) >= 11 is 0. The van der Waals surface area contributed by atoms with Crippen LogP contribution in [0.3, 0.4) is 0 Å². The van der Waals surface area contributed by atoms with Gasteiger partial charge in [-0.1, -0.05) is 12.8 Å². The maximum absolute atomic E-state index is 12.1. The summed E-state index contributed by atoms with van der Waals surface area (Å²) in [7, 11) is 0. The Morgan fingerprint density at radius 1 is 1.22 bits per heavy atom. The van der Waals surface area contributed by atoms with Crippen molar-refractivity contribution >= 4 is 17.4 Å². The van der Waals surface area contributed by atoms with Crippen LogP contribution >= 0.6 is 0 Å². The maximum Gasteiger partial charge on any atom is 0.321 e. The normalized spacial score (nSPS) is 16.2. The molecule has 2 amide bonds. The maximum atomic E-state index is 12.1. The molecule has 0 atom stereocenters. The third-order valence-corrected chi connectivity index (χ3v) is 3.39. The van der Waals surface area contributed by atoms with E-state index in [4.69, 9.17) is 5.73 Å². The molecule has 3 N–H and O–H groups in total. The Hall–Kier alpha value is -1.71. The minimum Gasteiger partial charge on any atom is -0.399 e. The smallest absolute Gasteiger partial charge is 0.321 e. The van der Waals surface area contributed by atoms with Crippen molar-refractivity contribution < 1.29 is 4.79 Å². The molecule has 0 aromatic heterocycles. The highest BCUT2D eigenvalue weighted by molar-refractivity contribution is 5.90. The van der Waals surface area contributed by atoms with Crippen LogP contribution in [-0.2, 0) is 0 Å². The highest BCUT2D eigenvalue weighted by Gasteiger charge is 2.15. The molecular formula is C14H21N3O. The van der Waals surface area contributed by atoms with E-state index in [-0.39, 0.29) is 6.03 Å². The van der Waals surface area contributed by atoms with Crippen LogP contribution in [0.2, 0.25) is 0 Å². The fraction of sp³-hybridized carbons (Fsp3) is 0.500. The van der Waals surface area contributed by atoms with Gasteiger partial charge < -0.3 is 16.0 Å². The van der Waals surface area contributed by atoms with Crippen molar-refractivity contribution in [3.05, 3.63) is 23.8 Å². The first-order valence-electron chi connectivity index (χ1n) is 6.59. The zero-order valence-electron chi connectivity index (χ0n) is 10.9. The number of nitrogens with two attached hydrogens (primary N) is 1. The molecule has 0 unspecified atom stereocenters. The average Bonchev–Trinajstić information content (AvgIpc) is 2.61. The summed E-state index contributed by atoms with van der Waals surface area (Å²) in [6, 6.07) is 5.55. The van der Waals surface area contributed by atoms with Crippen molar-refractivity contribution in [3.8, 4) is 0 Å². The first kappa shape index (κ1) is 12.7. The van der Waals surface area contributed by atoms with Gasteiger partial charge in [0.05, 0.1) is 0 Å². The van der Waals surface area contributed by atoms with E-state index >= 15 is 0 Å². The highest BCUT2D eigenvalue weighted by Crippen LogP contribution is 2.19. The Balaban J connectivity index is 2.01. The second-order valence-electron chi connectivity index (χ2n) is 4.91. The molecule has 1 saturated heterocycles. The monoisotopic (exact) mass is 247 g/mol. The lowest BCUT2D eigenvalue weighted by Gasteiger charge is -2.21. The topological polar surface area (TPSA) is 58.4 Å². The van der Waals surface area contributed by atoms with Gasteiger partial charge in [-0.2, -0.15) is 0 Å². The minimum atomic E-state index is 0.00442. The fourth-order valence-electron chi connectivity index (χ4n) is 2.30. The zero-order valence-corrected chi connectivity index (χ0v) is 10.9.